The van der Waals surface area contributed by atoms with Crippen LogP contribution in [0.4, 0.5) is 5.82 Å². The van der Waals surface area contributed by atoms with Crippen molar-refractivity contribution in [2.75, 3.05) is 12.0 Å². The lowest BCUT2D eigenvalue weighted by Gasteiger charge is -2.25. The summed E-state index contributed by atoms with van der Waals surface area (Å²) in [6, 6.07) is 4.04. The summed E-state index contributed by atoms with van der Waals surface area (Å²) in [4.78, 5) is 19.2. The Morgan fingerprint density at radius 2 is 2.05 bits per heavy atom. The monoisotopic (exact) mass is 290 g/mol. The van der Waals surface area contributed by atoms with Crippen molar-refractivity contribution < 1.29 is 4.79 Å². The second kappa shape index (κ2) is 6.43. The van der Waals surface area contributed by atoms with Gasteiger partial charge in [-0.25, -0.2) is 10.8 Å². The number of nitrogens with one attached hydrogen (secondary N) is 1. The van der Waals surface area contributed by atoms with Crippen LogP contribution in [0.15, 0.2) is 12.1 Å². The van der Waals surface area contributed by atoms with Crippen LogP contribution in [0.5, 0.6) is 0 Å². The van der Waals surface area contributed by atoms with Crippen molar-refractivity contribution in [3.63, 3.8) is 0 Å². The molecule has 0 radical (unpaired) electrons. The molecular weight excluding hydrogens is 264 g/mol. The van der Waals surface area contributed by atoms with E-state index in [0.29, 0.717) is 23.3 Å². The van der Waals surface area contributed by atoms with Crippen LogP contribution in [0, 0.1) is 5.92 Å². The van der Waals surface area contributed by atoms with Crippen LogP contribution < -0.4 is 11.3 Å². The van der Waals surface area contributed by atoms with Gasteiger partial charge in [0, 0.05) is 23.8 Å². The van der Waals surface area contributed by atoms with Gasteiger partial charge in [-0.3, -0.25) is 4.79 Å². The molecule has 0 saturated heterocycles. The van der Waals surface area contributed by atoms with Crippen molar-refractivity contribution in [3.8, 4) is 0 Å². The first-order chi connectivity index (χ1) is 9.92. The zero-order valence-corrected chi connectivity index (χ0v) is 13.4. The Hall–Kier alpha value is -1.62. The fraction of sp³-hybridized carbons (Fsp3) is 0.625. The molecule has 1 aromatic heterocycles. The number of aromatic nitrogens is 1. The number of nitrogen functional groups attached to an aromatic ring is 1. The highest BCUT2D eigenvalue weighted by molar-refractivity contribution is 5.95. The Labute approximate surface area is 126 Å². The molecule has 0 aromatic carbocycles. The molecule has 116 valence electrons. The van der Waals surface area contributed by atoms with E-state index < -0.39 is 0 Å². The number of nitrogens with zero attached hydrogens (tertiary/aromatic N) is 2. The van der Waals surface area contributed by atoms with Crippen molar-refractivity contribution in [3.05, 3.63) is 23.4 Å². The topological polar surface area (TPSA) is 71.2 Å². The minimum atomic E-state index is 0.0898. The van der Waals surface area contributed by atoms with E-state index >= 15 is 0 Å². The minimum absolute atomic E-state index is 0.0898. The van der Waals surface area contributed by atoms with Gasteiger partial charge < -0.3 is 10.3 Å². The maximum absolute atomic E-state index is 12.8. The Bertz CT molecular complexity index is 509. The Morgan fingerprint density at radius 1 is 1.38 bits per heavy atom. The van der Waals surface area contributed by atoms with Crippen LogP contribution in [0.2, 0.25) is 0 Å². The number of carbonyl (C=O) groups excluding carboxylic acids is 1. The molecule has 1 heterocycles. The third-order valence-electron chi connectivity index (χ3n) is 3.64. The summed E-state index contributed by atoms with van der Waals surface area (Å²) < 4.78 is 0. The van der Waals surface area contributed by atoms with Gasteiger partial charge in [-0.2, -0.15) is 0 Å². The Morgan fingerprint density at radius 3 is 2.52 bits per heavy atom. The molecule has 21 heavy (non-hydrogen) atoms. The molecule has 1 aliphatic carbocycles. The molecule has 5 heteroatoms. The zero-order valence-electron chi connectivity index (χ0n) is 13.4. The zero-order chi connectivity index (χ0) is 15.6. The average Bonchev–Trinajstić information content (AvgIpc) is 3.27. The first-order valence-corrected chi connectivity index (χ1v) is 7.72. The quantitative estimate of drug-likeness (QED) is 0.624. The average molecular weight is 290 g/mol. The molecule has 0 atom stereocenters. The third-order valence-corrected chi connectivity index (χ3v) is 3.64. The van der Waals surface area contributed by atoms with Gasteiger partial charge in [0.15, 0.2) is 0 Å². The number of hydrazine groups is 1. The van der Waals surface area contributed by atoms with Gasteiger partial charge in [0.2, 0.25) is 0 Å². The van der Waals surface area contributed by atoms with E-state index in [4.69, 9.17) is 5.84 Å². The molecule has 2 rings (SSSR count). The summed E-state index contributed by atoms with van der Waals surface area (Å²) in [6.45, 7) is 9.20. The highest BCUT2D eigenvalue weighted by atomic mass is 16.2. The summed E-state index contributed by atoms with van der Waals surface area (Å²) in [6.07, 6.45) is 2.23. The highest BCUT2D eigenvalue weighted by Crippen LogP contribution is 2.29. The Kier molecular flexibility index (Phi) is 4.83. The number of hydrogen-bond acceptors (Lipinski definition) is 4. The summed E-state index contributed by atoms with van der Waals surface area (Å²) >= 11 is 0. The van der Waals surface area contributed by atoms with E-state index in [9.17, 15) is 4.79 Å². The van der Waals surface area contributed by atoms with Crippen molar-refractivity contribution >= 4 is 11.7 Å². The summed E-state index contributed by atoms with van der Waals surface area (Å²) in [5.41, 5.74) is 4.12. The summed E-state index contributed by atoms with van der Waals surface area (Å²) in [5.74, 6) is 6.84. The number of amides is 1. The fourth-order valence-corrected chi connectivity index (χ4v) is 2.39. The highest BCUT2D eigenvalue weighted by Gasteiger charge is 2.33. The van der Waals surface area contributed by atoms with Crippen molar-refractivity contribution in [1.29, 1.82) is 0 Å². The van der Waals surface area contributed by atoms with Crippen molar-refractivity contribution in [1.82, 2.24) is 9.88 Å². The molecule has 5 nitrogen and oxygen atoms in total. The minimum Gasteiger partial charge on any atom is -0.335 e. The molecule has 0 bridgehead atoms. The van der Waals surface area contributed by atoms with Gasteiger partial charge in [-0.15, -0.1) is 0 Å². The van der Waals surface area contributed by atoms with E-state index in [1.807, 2.05) is 11.0 Å². The molecule has 0 spiro atoms. The molecule has 1 amide bonds. The van der Waals surface area contributed by atoms with Crippen LogP contribution in [0.3, 0.4) is 0 Å². The van der Waals surface area contributed by atoms with Crippen LogP contribution in [-0.2, 0) is 0 Å². The van der Waals surface area contributed by atoms with E-state index in [1.54, 1.807) is 6.07 Å². The lowest BCUT2D eigenvalue weighted by atomic mass is 10.1. The molecule has 3 N–H and O–H groups in total. The predicted octanol–water partition coefficient (Wildman–Crippen LogP) is 2.75. The number of carbonyl (C=O) groups is 1. The second-order valence-corrected chi connectivity index (χ2v) is 6.55. The number of rotatable bonds is 6. The normalized spacial score (nSPS) is 14.6. The lowest BCUT2D eigenvalue weighted by Crippen LogP contribution is -2.36. The number of anilines is 1. The van der Waals surface area contributed by atoms with Crippen molar-refractivity contribution in [2.45, 2.75) is 52.5 Å². The number of hydrogen-bond donors (Lipinski definition) is 2. The van der Waals surface area contributed by atoms with Gasteiger partial charge >= 0.3 is 0 Å². The smallest absolute Gasteiger partial charge is 0.254 e. The maximum Gasteiger partial charge on any atom is 0.254 e. The van der Waals surface area contributed by atoms with Gasteiger partial charge in [-0.05, 0) is 36.8 Å². The molecule has 1 fully saturated rings. The molecule has 0 unspecified atom stereocenters. The first-order valence-electron chi connectivity index (χ1n) is 7.72. The summed E-state index contributed by atoms with van der Waals surface area (Å²) in [5, 5.41) is 0. The third kappa shape index (κ3) is 3.94. The van der Waals surface area contributed by atoms with Crippen LogP contribution >= 0.6 is 0 Å². The van der Waals surface area contributed by atoms with Crippen LogP contribution in [0.25, 0.3) is 0 Å². The van der Waals surface area contributed by atoms with E-state index in [-0.39, 0.29) is 11.8 Å². The van der Waals surface area contributed by atoms with Crippen LogP contribution in [0.1, 0.15) is 62.5 Å². The number of pyridine rings is 1. The van der Waals surface area contributed by atoms with E-state index in [0.717, 1.165) is 25.1 Å². The van der Waals surface area contributed by atoms with Gasteiger partial charge in [0.05, 0.1) is 0 Å². The predicted molar refractivity (Wildman–Crippen MR) is 85.0 cm³/mol. The number of nitrogens with two attached hydrogens (primary N) is 1. The van der Waals surface area contributed by atoms with E-state index in [1.165, 1.54) is 0 Å². The first kappa shape index (κ1) is 15.8. The van der Waals surface area contributed by atoms with Gasteiger partial charge in [0.25, 0.3) is 5.91 Å². The SMILES string of the molecule is CC(C)CN(C(=O)c1cc(NN)nc(C(C)C)c1)C1CC1. The molecule has 0 aliphatic heterocycles. The van der Waals surface area contributed by atoms with Gasteiger partial charge in [0.1, 0.15) is 5.82 Å². The molecule has 1 saturated carbocycles. The maximum atomic E-state index is 12.8. The molecule has 1 aromatic rings. The Balaban J connectivity index is 2.29. The molecular formula is C16H26N4O. The second-order valence-electron chi connectivity index (χ2n) is 6.55. The largest absolute Gasteiger partial charge is 0.335 e. The lowest BCUT2D eigenvalue weighted by molar-refractivity contribution is 0.0722. The molecule has 1 aliphatic rings. The van der Waals surface area contributed by atoms with Crippen molar-refractivity contribution in [2.24, 2.45) is 11.8 Å². The summed E-state index contributed by atoms with van der Waals surface area (Å²) in [7, 11) is 0. The van der Waals surface area contributed by atoms with E-state index in [2.05, 4.69) is 38.1 Å². The fourth-order valence-electron chi connectivity index (χ4n) is 2.39. The van der Waals surface area contributed by atoms with Crippen LogP contribution in [-0.4, -0.2) is 28.4 Å². The standard InChI is InChI=1S/C16H26N4O/c1-10(2)9-20(13-5-6-13)16(21)12-7-14(11(3)4)18-15(8-12)19-17/h7-8,10-11,13H,5-6,9,17H2,1-4H3,(H,18,19). The van der Waals surface area contributed by atoms with Gasteiger partial charge in [-0.1, -0.05) is 27.7 Å².